The number of nitrogens with zero attached hydrogens (tertiary/aromatic N) is 3. The summed E-state index contributed by atoms with van der Waals surface area (Å²) >= 11 is 0. The van der Waals surface area contributed by atoms with Crippen molar-refractivity contribution in [3.05, 3.63) is 40.9 Å². The maximum absolute atomic E-state index is 13.7. The minimum atomic E-state index is -2.70. The summed E-state index contributed by atoms with van der Waals surface area (Å²) in [6, 6.07) is 5.12. The molecule has 1 atom stereocenters. The highest BCUT2D eigenvalue weighted by molar-refractivity contribution is 5.86. The van der Waals surface area contributed by atoms with Crippen LogP contribution in [-0.4, -0.2) is 41.7 Å². The summed E-state index contributed by atoms with van der Waals surface area (Å²) in [4.78, 5) is 17.7. The van der Waals surface area contributed by atoms with E-state index in [1.807, 2.05) is 13.0 Å². The Morgan fingerprint density at radius 3 is 2.85 bits per heavy atom. The van der Waals surface area contributed by atoms with Crippen LogP contribution >= 0.6 is 0 Å². The highest BCUT2D eigenvalue weighted by atomic mass is 19.3. The van der Waals surface area contributed by atoms with Gasteiger partial charge in [-0.05, 0) is 25.5 Å². The summed E-state index contributed by atoms with van der Waals surface area (Å²) < 4.78 is 37.3. The molecule has 0 spiro atoms. The Bertz CT molecular complexity index is 807. The van der Waals surface area contributed by atoms with Crippen LogP contribution in [0.25, 0.3) is 0 Å². The lowest BCUT2D eigenvalue weighted by Gasteiger charge is -2.18. The number of hydrogen-bond acceptors (Lipinski definition) is 6. The molecule has 8 heteroatoms. The van der Waals surface area contributed by atoms with E-state index in [0.29, 0.717) is 17.9 Å². The van der Waals surface area contributed by atoms with Crippen LogP contribution in [0.3, 0.4) is 0 Å². The maximum atomic E-state index is 13.7. The fraction of sp³-hybridized carbons (Fsp3) is 0.500. The maximum Gasteiger partial charge on any atom is 0.377 e. The van der Waals surface area contributed by atoms with E-state index < -0.39 is 17.8 Å². The second-order valence-corrected chi connectivity index (χ2v) is 6.54. The summed E-state index contributed by atoms with van der Waals surface area (Å²) in [7, 11) is 0. The highest BCUT2D eigenvalue weighted by Gasteiger charge is 2.45. The van der Waals surface area contributed by atoms with Crippen LogP contribution < -0.4 is 4.90 Å². The molecular formula is C18H21F2N3O3. The van der Waals surface area contributed by atoms with E-state index in [1.54, 1.807) is 24.8 Å². The van der Waals surface area contributed by atoms with E-state index in [2.05, 4.69) is 10.1 Å². The number of aryl methyl sites for hydroxylation is 1. The van der Waals surface area contributed by atoms with Gasteiger partial charge in [-0.3, -0.25) is 0 Å². The van der Waals surface area contributed by atoms with Crippen molar-refractivity contribution in [1.29, 1.82) is 0 Å². The molecule has 0 amide bonds. The Morgan fingerprint density at radius 1 is 1.46 bits per heavy atom. The van der Waals surface area contributed by atoms with Crippen molar-refractivity contribution in [2.75, 3.05) is 24.6 Å². The van der Waals surface area contributed by atoms with Crippen LogP contribution in [0.5, 0.6) is 0 Å². The summed E-state index contributed by atoms with van der Waals surface area (Å²) in [5.74, 6) is -3.35. The summed E-state index contributed by atoms with van der Waals surface area (Å²) in [6.45, 7) is 5.31. The molecule has 26 heavy (non-hydrogen) atoms. The lowest BCUT2D eigenvalue weighted by Crippen LogP contribution is -2.27. The third-order valence-corrected chi connectivity index (χ3v) is 4.53. The lowest BCUT2D eigenvalue weighted by atomic mass is 10.1. The minimum absolute atomic E-state index is 0.0531. The van der Waals surface area contributed by atoms with Crippen molar-refractivity contribution < 1.29 is 22.8 Å². The Labute approximate surface area is 150 Å². The molecule has 6 nitrogen and oxygen atoms in total. The quantitative estimate of drug-likeness (QED) is 0.758. The molecule has 3 heterocycles. The van der Waals surface area contributed by atoms with Crippen LogP contribution in [0.2, 0.25) is 0 Å². The molecule has 1 unspecified atom stereocenters. The van der Waals surface area contributed by atoms with Gasteiger partial charge in [0.15, 0.2) is 0 Å². The molecule has 3 rings (SSSR count). The van der Waals surface area contributed by atoms with Crippen LogP contribution in [0.4, 0.5) is 14.6 Å². The number of carbonyl (C=O) groups is 1. The van der Waals surface area contributed by atoms with Crippen molar-refractivity contribution in [2.45, 2.75) is 33.1 Å². The number of halogens is 2. The smallest absolute Gasteiger partial charge is 0.377 e. The van der Waals surface area contributed by atoms with E-state index in [-0.39, 0.29) is 25.5 Å². The summed E-state index contributed by atoms with van der Waals surface area (Å²) in [5.41, 5.74) is 2.19. The van der Waals surface area contributed by atoms with Gasteiger partial charge in [-0.25, -0.2) is 18.6 Å². The SMILES string of the molecule is CCOC(=O)c1cc(Cc2ccc(N3CC(C)C(F)(F)C3)nc2C)no1. The van der Waals surface area contributed by atoms with Gasteiger partial charge in [-0.15, -0.1) is 0 Å². The second kappa shape index (κ2) is 7.01. The first-order valence-corrected chi connectivity index (χ1v) is 8.52. The number of rotatable bonds is 5. The van der Waals surface area contributed by atoms with Gasteiger partial charge in [0, 0.05) is 30.6 Å². The van der Waals surface area contributed by atoms with E-state index in [1.165, 1.54) is 6.07 Å². The Morgan fingerprint density at radius 2 is 2.23 bits per heavy atom. The molecule has 1 saturated heterocycles. The molecule has 0 aliphatic carbocycles. The van der Waals surface area contributed by atoms with Crippen LogP contribution in [0.1, 0.15) is 41.4 Å². The first-order chi connectivity index (χ1) is 12.3. The van der Waals surface area contributed by atoms with Crippen molar-refractivity contribution in [3.63, 3.8) is 0 Å². The van der Waals surface area contributed by atoms with Gasteiger partial charge < -0.3 is 14.2 Å². The number of pyridine rings is 1. The van der Waals surface area contributed by atoms with Crippen molar-refractivity contribution >= 4 is 11.8 Å². The third-order valence-electron chi connectivity index (χ3n) is 4.53. The number of aromatic nitrogens is 2. The van der Waals surface area contributed by atoms with E-state index in [4.69, 9.17) is 9.26 Å². The Balaban J connectivity index is 1.72. The van der Waals surface area contributed by atoms with Gasteiger partial charge in [-0.1, -0.05) is 18.1 Å². The molecule has 0 bridgehead atoms. The highest BCUT2D eigenvalue weighted by Crippen LogP contribution is 2.35. The zero-order valence-electron chi connectivity index (χ0n) is 15.0. The van der Waals surface area contributed by atoms with E-state index in [9.17, 15) is 13.6 Å². The molecule has 0 radical (unpaired) electrons. The fourth-order valence-corrected chi connectivity index (χ4v) is 2.94. The lowest BCUT2D eigenvalue weighted by molar-refractivity contribution is -0.0138. The molecule has 1 aliphatic rings. The van der Waals surface area contributed by atoms with Crippen molar-refractivity contribution in [3.8, 4) is 0 Å². The summed E-state index contributed by atoms with van der Waals surface area (Å²) in [6.07, 6.45) is 0.425. The zero-order valence-corrected chi connectivity index (χ0v) is 15.0. The van der Waals surface area contributed by atoms with Gasteiger partial charge >= 0.3 is 5.97 Å². The molecular weight excluding hydrogens is 344 g/mol. The zero-order chi connectivity index (χ0) is 18.9. The van der Waals surface area contributed by atoms with Crippen molar-refractivity contribution in [1.82, 2.24) is 10.1 Å². The number of esters is 1. The standard InChI is InChI=1S/C18H21F2N3O3/c1-4-25-17(24)15-8-14(22-26-15)7-13-5-6-16(21-12(13)3)23-9-11(2)18(19,20)10-23/h5-6,8,11H,4,7,9-10H2,1-3H3. The average Bonchev–Trinajstić information content (AvgIpc) is 3.14. The van der Waals surface area contributed by atoms with Gasteiger partial charge in [0.1, 0.15) is 5.82 Å². The third kappa shape index (κ3) is 3.68. The monoisotopic (exact) mass is 365 g/mol. The van der Waals surface area contributed by atoms with Crippen molar-refractivity contribution in [2.24, 2.45) is 5.92 Å². The molecule has 2 aromatic heterocycles. The molecule has 0 aromatic carbocycles. The van der Waals surface area contributed by atoms with E-state index >= 15 is 0 Å². The number of hydrogen-bond donors (Lipinski definition) is 0. The number of carbonyl (C=O) groups excluding carboxylic acids is 1. The number of ether oxygens (including phenoxy) is 1. The molecule has 2 aromatic rings. The molecule has 1 aliphatic heterocycles. The topological polar surface area (TPSA) is 68.5 Å². The normalized spacial score (nSPS) is 19.0. The Kier molecular flexibility index (Phi) is 4.93. The van der Waals surface area contributed by atoms with Crippen LogP contribution in [0, 0.1) is 12.8 Å². The van der Waals surface area contributed by atoms with Gasteiger partial charge in [-0.2, -0.15) is 0 Å². The molecule has 0 saturated carbocycles. The second-order valence-electron chi connectivity index (χ2n) is 6.54. The summed E-state index contributed by atoms with van der Waals surface area (Å²) in [5, 5.41) is 3.87. The Hall–Kier alpha value is -2.51. The average molecular weight is 365 g/mol. The molecule has 140 valence electrons. The van der Waals surface area contributed by atoms with Crippen LogP contribution in [-0.2, 0) is 11.2 Å². The molecule has 0 N–H and O–H groups in total. The van der Waals surface area contributed by atoms with E-state index in [0.717, 1.165) is 11.3 Å². The van der Waals surface area contributed by atoms with Gasteiger partial charge in [0.2, 0.25) is 5.76 Å². The predicted octanol–water partition coefficient (Wildman–Crippen LogP) is 3.24. The number of anilines is 1. The fourth-order valence-electron chi connectivity index (χ4n) is 2.94. The molecule has 1 fully saturated rings. The number of alkyl halides is 2. The van der Waals surface area contributed by atoms with Gasteiger partial charge in [0.25, 0.3) is 5.92 Å². The van der Waals surface area contributed by atoms with Crippen LogP contribution in [0.15, 0.2) is 22.7 Å². The first kappa shape index (κ1) is 18.3. The predicted molar refractivity (Wildman–Crippen MR) is 90.6 cm³/mol. The minimum Gasteiger partial charge on any atom is -0.460 e. The van der Waals surface area contributed by atoms with Gasteiger partial charge in [0.05, 0.1) is 18.8 Å². The first-order valence-electron chi connectivity index (χ1n) is 8.52. The largest absolute Gasteiger partial charge is 0.460 e.